The van der Waals surface area contributed by atoms with E-state index in [0.29, 0.717) is 13.1 Å². The molecule has 20 heavy (non-hydrogen) atoms. The van der Waals surface area contributed by atoms with Gasteiger partial charge in [-0.1, -0.05) is 39.5 Å². The molecule has 0 unspecified atom stereocenters. The average molecular weight is 290 g/mol. The normalized spacial score (nSPS) is 19.1. The summed E-state index contributed by atoms with van der Waals surface area (Å²) in [5.74, 6) is 6.13. The highest BCUT2D eigenvalue weighted by atomic mass is 32.1. The molecule has 0 saturated heterocycles. The molecule has 0 spiro atoms. The second-order valence-electron chi connectivity index (χ2n) is 6.36. The summed E-state index contributed by atoms with van der Waals surface area (Å²) in [6.45, 7) is 9.52. The number of hydrogen-bond acceptors (Lipinski definition) is 3. The molecule has 1 fully saturated rings. The van der Waals surface area contributed by atoms with Crippen molar-refractivity contribution in [2.75, 3.05) is 6.54 Å². The van der Waals surface area contributed by atoms with Gasteiger partial charge in [0.2, 0.25) is 5.91 Å². The van der Waals surface area contributed by atoms with Crippen LogP contribution in [-0.2, 0) is 11.3 Å². The van der Waals surface area contributed by atoms with Gasteiger partial charge in [0.1, 0.15) is 0 Å². The molecule has 1 amide bonds. The van der Waals surface area contributed by atoms with E-state index in [0.717, 1.165) is 10.4 Å². The predicted molar refractivity (Wildman–Crippen MR) is 83.2 cm³/mol. The van der Waals surface area contributed by atoms with Gasteiger partial charge in [0.25, 0.3) is 0 Å². The highest BCUT2D eigenvalue weighted by molar-refractivity contribution is 7.10. The monoisotopic (exact) mass is 290 g/mol. The second-order valence-corrected chi connectivity index (χ2v) is 7.36. The van der Waals surface area contributed by atoms with E-state index in [1.54, 1.807) is 11.3 Å². The van der Waals surface area contributed by atoms with Gasteiger partial charge in [-0.2, -0.15) is 0 Å². The van der Waals surface area contributed by atoms with Crippen LogP contribution in [0.5, 0.6) is 0 Å². The maximum atomic E-state index is 12.3. The van der Waals surface area contributed by atoms with Crippen LogP contribution in [0.15, 0.2) is 11.4 Å². The van der Waals surface area contributed by atoms with Crippen LogP contribution >= 0.6 is 11.3 Å². The molecule has 1 aliphatic carbocycles. The molecule has 0 atom stereocenters. The molecular formula is C16H22N2OS. The zero-order valence-corrected chi connectivity index (χ0v) is 13.4. The SMILES string of the molecule is CC1(C)C(C(=O)NCc2sccc2C#CCN)C1(C)C. The Morgan fingerprint density at radius 3 is 2.60 bits per heavy atom. The van der Waals surface area contributed by atoms with Gasteiger partial charge in [-0.3, -0.25) is 4.79 Å². The number of amides is 1. The van der Waals surface area contributed by atoms with E-state index >= 15 is 0 Å². The molecule has 1 saturated carbocycles. The van der Waals surface area contributed by atoms with Crippen molar-refractivity contribution in [3.05, 3.63) is 21.9 Å². The van der Waals surface area contributed by atoms with Crippen LogP contribution in [0.1, 0.15) is 38.1 Å². The van der Waals surface area contributed by atoms with Gasteiger partial charge in [-0.25, -0.2) is 0 Å². The maximum Gasteiger partial charge on any atom is 0.224 e. The maximum absolute atomic E-state index is 12.3. The Morgan fingerprint density at radius 1 is 1.40 bits per heavy atom. The number of nitrogens with two attached hydrogens (primary N) is 1. The number of rotatable bonds is 3. The third-order valence-electron chi connectivity index (χ3n) is 4.78. The minimum absolute atomic E-state index is 0.0781. The largest absolute Gasteiger partial charge is 0.351 e. The van der Waals surface area contributed by atoms with Crippen LogP contribution in [0, 0.1) is 28.6 Å². The Morgan fingerprint density at radius 2 is 2.05 bits per heavy atom. The summed E-state index contributed by atoms with van der Waals surface area (Å²) in [5.41, 5.74) is 6.51. The van der Waals surface area contributed by atoms with Crippen molar-refractivity contribution in [2.24, 2.45) is 22.5 Å². The lowest BCUT2D eigenvalue weighted by atomic mass is 10.0. The molecule has 1 heterocycles. The summed E-state index contributed by atoms with van der Waals surface area (Å²) in [6.07, 6.45) is 0. The topological polar surface area (TPSA) is 55.1 Å². The molecule has 1 aromatic rings. The molecule has 4 heteroatoms. The van der Waals surface area contributed by atoms with Crippen molar-refractivity contribution in [1.29, 1.82) is 0 Å². The number of nitrogens with one attached hydrogen (secondary N) is 1. The Kier molecular flexibility index (Phi) is 3.95. The minimum Gasteiger partial charge on any atom is -0.351 e. The number of hydrogen-bond donors (Lipinski definition) is 2. The lowest BCUT2D eigenvalue weighted by Gasteiger charge is -2.05. The zero-order valence-electron chi connectivity index (χ0n) is 12.5. The van der Waals surface area contributed by atoms with Crippen molar-refractivity contribution in [1.82, 2.24) is 5.32 Å². The molecule has 0 aromatic carbocycles. The Hall–Kier alpha value is -1.31. The Bertz CT molecular complexity index is 561. The van der Waals surface area contributed by atoms with Gasteiger partial charge >= 0.3 is 0 Å². The van der Waals surface area contributed by atoms with Gasteiger partial charge in [0.15, 0.2) is 0 Å². The lowest BCUT2D eigenvalue weighted by Crippen LogP contribution is -2.26. The van der Waals surface area contributed by atoms with E-state index in [2.05, 4.69) is 44.9 Å². The number of thiophene rings is 1. The Balaban J connectivity index is 1.97. The fourth-order valence-corrected chi connectivity index (χ4v) is 3.63. The van der Waals surface area contributed by atoms with E-state index in [9.17, 15) is 4.79 Å². The number of carbonyl (C=O) groups is 1. The average Bonchev–Trinajstić information content (AvgIpc) is 2.69. The quantitative estimate of drug-likeness (QED) is 0.840. The smallest absolute Gasteiger partial charge is 0.224 e. The fraction of sp³-hybridized carbons (Fsp3) is 0.562. The third kappa shape index (κ3) is 2.48. The van der Waals surface area contributed by atoms with Crippen molar-refractivity contribution in [2.45, 2.75) is 34.2 Å². The molecule has 108 valence electrons. The highest BCUT2D eigenvalue weighted by Gasteiger charge is 2.68. The summed E-state index contributed by atoms with van der Waals surface area (Å²) >= 11 is 1.62. The first kappa shape index (κ1) is 15.1. The van der Waals surface area contributed by atoms with E-state index < -0.39 is 0 Å². The molecule has 2 rings (SSSR count). The first-order valence-electron chi connectivity index (χ1n) is 6.85. The van der Waals surface area contributed by atoms with Gasteiger partial charge in [0.05, 0.1) is 13.1 Å². The molecule has 3 nitrogen and oxygen atoms in total. The summed E-state index contributed by atoms with van der Waals surface area (Å²) in [4.78, 5) is 13.4. The molecular weight excluding hydrogens is 268 g/mol. The highest BCUT2D eigenvalue weighted by Crippen LogP contribution is 2.68. The minimum atomic E-state index is 0.0781. The van der Waals surface area contributed by atoms with Crippen LogP contribution in [-0.4, -0.2) is 12.5 Å². The van der Waals surface area contributed by atoms with E-state index in [1.165, 1.54) is 0 Å². The van der Waals surface area contributed by atoms with Crippen LogP contribution in [0.25, 0.3) is 0 Å². The van der Waals surface area contributed by atoms with Crippen molar-refractivity contribution in [3.63, 3.8) is 0 Å². The summed E-state index contributed by atoms with van der Waals surface area (Å²) in [7, 11) is 0. The standard InChI is InChI=1S/C16H22N2OS/c1-15(2)13(16(15,3)4)14(19)18-10-12-11(6-5-8-17)7-9-20-12/h7,9,13H,8,10,17H2,1-4H3,(H,18,19). The van der Waals surface area contributed by atoms with Crippen LogP contribution in [0.3, 0.4) is 0 Å². The predicted octanol–water partition coefficient (Wildman–Crippen LogP) is 2.36. The summed E-state index contributed by atoms with van der Waals surface area (Å²) in [6, 6.07) is 1.97. The summed E-state index contributed by atoms with van der Waals surface area (Å²) < 4.78 is 0. The molecule has 0 radical (unpaired) electrons. The van der Waals surface area contributed by atoms with Gasteiger partial charge in [-0.15, -0.1) is 11.3 Å². The van der Waals surface area contributed by atoms with E-state index in [-0.39, 0.29) is 22.7 Å². The third-order valence-corrected chi connectivity index (χ3v) is 5.70. The van der Waals surface area contributed by atoms with Crippen molar-refractivity contribution in [3.8, 4) is 11.8 Å². The van der Waals surface area contributed by atoms with Crippen molar-refractivity contribution >= 4 is 17.2 Å². The van der Waals surface area contributed by atoms with E-state index in [1.807, 2.05) is 11.4 Å². The van der Waals surface area contributed by atoms with Gasteiger partial charge in [0, 0.05) is 16.4 Å². The lowest BCUT2D eigenvalue weighted by molar-refractivity contribution is -0.123. The van der Waals surface area contributed by atoms with E-state index in [4.69, 9.17) is 5.73 Å². The first-order valence-corrected chi connectivity index (χ1v) is 7.73. The number of carbonyl (C=O) groups excluding carboxylic acids is 1. The van der Waals surface area contributed by atoms with Crippen molar-refractivity contribution < 1.29 is 4.79 Å². The molecule has 0 bridgehead atoms. The van der Waals surface area contributed by atoms with Crippen LogP contribution in [0.2, 0.25) is 0 Å². The Labute approximate surface area is 124 Å². The van der Waals surface area contributed by atoms with Crippen LogP contribution < -0.4 is 11.1 Å². The van der Waals surface area contributed by atoms with Gasteiger partial charge < -0.3 is 11.1 Å². The van der Waals surface area contributed by atoms with Gasteiger partial charge in [-0.05, 0) is 22.3 Å². The molecule has 3 N–H and O–H groups in total. The summed E-state index contributed by atoms with van der Waals surface area (Å²) in [5, 5.41) is 5.04. The zero-order chi connectivity index (χ0) is 15.0. The fourth-order valence-electron chi connectivity index (χ4n) is 2.86. The molecule has 1 aromatic heterocycles. The second kappa shape index (κ2) is 5.23. The molecule has 0 aliphatic heterocycles. The molecule has 1 aliphatic rings. The van der Waals surface area contributed by atoms with Crippen LogP contribution in [0.4, 0.5) is 0 Å². The first-order chi connectivity index (χ1) is 9.32.